The summed E-state index contributed by atoms with van der Waals surface area (Å²) >= 11 is 3.42. The van der Waals surface area contributed by atoms with Gasteiger partial charge >= 0.3 is 0 Å². The van der Waals surface area contributed by atoms with Crippen LogP contribution in [0.25, 0.3) is 0 Å². The third kappa shape index (κ3) is 2.48. The molecule has 0 radical (unpaired) electrons. The molecule has 0 spiro atoms. The quantitative estimate of drug-likeness (QED) is 0.818. The Kier molecular flexibility index (Phi) is 5.05. The molecule has 0 amide bonds. The molecular weight excluding hydrogens is 274 g/mol. The Morgan fingerprint density at radius 3 is 2.38 bits per heavy atom. The Labute approximate surface area is 104 Å². The van der Waals surface area contributed by atoms with E-state index in [-0.39, 0.29) is 0 Å². The van der Waals surface area contributed by atoms with Crippen LogP contribution in [0, 0.1) is 0 Å². The second-order valence-corrected chi connectivity index (χ2v) is 4.11. The van der Waals surface area contributed by atoms with E-state index in [1.165, 1.54) is 0 Å². The van der Waals surface area contributed by atoms with Crippen LogP contribution in [-0.2, 0) is 13.0 Å². The minimum Gasteiger partial charge on any atom is -0.493 e. The molecule has 16 heavy (non-hydrogen) atoms. The smallest absolute Gasteiger partial charge is 0.175 e. The maximum atomic E-state index is 8.78. The van der Waals surface area contributed by atoms with E-state index in [4.69, 9.17) is 14.7 Å². The molecule has 0 aromatic heterocycles. The number of hydrogen-bond acceptors (Lipinski definition) is 4. The van der Waals surface area contributed by atoms with Crippen molar-refractivity contribution in [2.75, 3.05) is 14.2 Å². The largest absolute Gasteiger partial charge is 0.493 e. The maximum Gasteiger partial charge on any atom is 0.175 e. The first-order chi connectivity index (χ1) is 7.69. The molecule has 1 aromatic carbocycles. The Hall–Kier alpha value is -0.780. The third-order valence-corrected chi connectivity index (χ3v) is 3.01. The summed E-state index contributed by atoms with van der Waals surface area (Å²) in [5.41, 5.74) is 4.17. The minimum absolute atomic E-state index is 0.377. The number of ether oxygens (including phenoxy) is 2. The van der Waals surface area contributed by atoms with E-state index in [2.05, 4.69) is 21.4 Å². The molecule has 1 aromatic rings. The topological polar surface area (TPSA) is 50.7 Å². The fourth-order valence-corrected chi connectivity index (χ4v) is 2.35. The molecule has 0 bridgehead atoms. The second-order valence-electron chi connectivity index (χ2n) is 3.25. The van der Waals surface area contributed by atoms with Crippen molar-refractivity contribution >= 4 is 15.9 Å². The SMILES string of the molecule is CCc1c(CNO)cc(Br)c(OC)c1OC. The van der Waals surface area contributed by atoms with Crippen LogP contribution in [0.4, 0.5) is 0 Å². The van der Waals surface area contributed by atoms with Gasteiger partial charge in [0.2, 0.25) is 0 Å². The van der Waals surface area contributed by atoms with Crippen LogP contribution in [-0.4, -0.2) is 19.4 Å². The summed E-state index contributed by atoms with van der Waals surface area (Å²) in [5, 5.41) is 8.78. The van der Waals surface area contributed by atoms with E-state index >= 15 is 0 Å². The van der Waals surface area contributed by atoms with Gasteiger partial charge in [0.1, 0.15) is 0 Å². The lowest BCUT2D eigenvalue weighted by Gasteiger charge is -2.17. The molecule has 0 atom stereocenters. The molecule has 0 heterocycles. The second kappa shape index (κ2) is 6.08. The summed E-state index contributed by atoms with van der Waals surface area (Å²) in [6.45, 7) is 2.41. The number of rotatable bonds is 5. The Bertz CT molecular complexity index is 369. The van der Waals surface area contributed by atoms with Crippen molar-refractivity contribution in [1.29, 1.82) is 0 Å². The first-order valence-electron chi connectivity index (χ1n) is 4.98. The molecule has 0 aliphatic rings. The normalized spacial score (nSPS) is 10.3. The number of halogens is 1. The number of methoxy groups -OCH3 is 2. The summed E-state index contributed by atoms with van der Waals surface area (Å²) in [4.78, 5) is 0. The van der Waals surface area contributed by atoms with E-state index in [0.29, 0.717) is 18.0 Å². The average molecular weight is 290 g/mol. The summed E-state index contributed by atoms with van der Waals surface area (Å²) < 4.78 is 11.5. The van der Waals surface area contributed by atoms with Gasteiger partial charge in [0, 0.05) is 12.1 Å². The van der Waals surface area contributed by atoms with Crippen LogP contribution in [0.1, 0.15) is 18.1 Å². The minimum atomic E-state index is 0.377. The molecule has 0 saturated heterocycles. The third-order valence-electron chi connectivity index (χ3n) is 2.42. The zero-order valence-corrected chi connectivity index (χ0v) is 11.2. The van der Waals surface area contributed by atoms with Gasteiger partial charge in [0.25, 0.3) is 0 Å². The first kappa shape index (κ1) is 13.3. The maximum absolute atomic E-state index is 8.78. The van der Waals surface area contributed by atoms with E-state index < -0.39 is 0 Å². The summed E-state index contributed by atoms with van der Waals surface area (Å²) in [6, 6.07) is 1.92. The number of hydrogen-bond donors (Lipinski definition) is 2. The average Bonchev–Trinajstić information content (AvgIpc) is 2.28. The zero-order chi connectivity index (χ0) is 12.1. The van der Waals surface area contributed by atoms with Crippen molar-refractivity contribution in [3.8, 4) is 11.5 Å². The molecule has 90 valence electrons. The van der Waals surface area contributed by atoms with Gasteiger partial charge in [-0.3, -0.25) is 0 Å². The van der Waals surface area contributed by atoms with Crippen LogP contribution in [0.5, 0.6) is 11.5 Å². The van der Waals surface area contributed by atoms with Crippen molar-refractivity contribution < 1.29 is 14.7 Å². The highest BCUT2D eigenvalue weighted by Crippen LogP contribution is 2.40. The molecule has 4 nitrogen and oxygen atoms in total. The van der Waals surface area contributed by atoms with E-state index in [0.717, 1.165) is 22.0 Å². The van der Waals surface area contributed by atoms with Gasteiger partial charge in [0.05, 0.1) is 18.7 Å². The molecule has 5 heteroatoms. The van der Waals surface area contributed by atoms with Crippen LogP contribution < -0.4 is 15.0 Å². The van der Waals surface area contributed by atoms with Gasteiger partial charge in [-0.25, -0.2) is 5.48 Å². The van der Waals surface area contributed by atoms with E-state index in [1.54, 1.807) is 14.2 Å². The molecule has 0 saturated carbocycles. The molecule has 2 N–H and O–H groups in total. The van der Waals surface area contributed by atoms with E-state index in [9.17, 15) is 0 Å². The van der Waals surface area contributed by atoms with Crippen molar-refractivity contribution in [1.82, 2.24) is 5.48 Å². The predicted octanol–water partition coefficient (Wildman–Crippen LogP) is 2.51. The number of benzene rings is 1. The predicted molar refractivity (Wildman–Crippen MR) is 65.3 cm³/mol. The number of hydroxylamine groups is 1. The van der Waals surface area contributed by atoms with Crippen LogP contribution in [0.2, 0.25) is 0 Å². The van der Waals surface area contributed by atoms with E-state index in [1.807, 2.05) is 13.0 Å². The van der Waals surface area contributed by atoms with Crippen molar-refractivity contribution in [3.63, 3.8) is 0 Å². The van der Waals surface area contributed by atoms with Gasteiger partial charge in [-0.15, -0.1) is 0 Å². The molecule has 0 fully saturated rings. The Balaban J connectivity index is 3.37. The van der Waals surface area contributed by atoms with Gasteiger partial charge < -0.3 is 14.7 Å². The van der Waals surface area contributed by atoms with Gasteiger partial charge in [-0.1, -0.05) is 6.92 Å². The Morgan fingerprint density at radius 1 is 1.31 bits per heavy atom. The van der Waals surface area contributed by atoms with Gasteiger partial charge in [0.15, 0.2) is 11.5 Å². The highest BCUT2D eigenvalue weighted by atomic mass is 79.9. The highest BCUT2D eigenvalue weighted by molar-refractivity contribution is 9.10. The fraction of sp³-hybridized carbons (Fsp3) is 0.455. The van der Waals surface area contributed by atoms with Crippen molar-refractivity contribution in [2.45, 2.75) is 19.9 Å². The molecular formula is C11H16BrNO3. The van der Waals surface area contributed by atoms with Crippen molar-refractivity contribution in [3.05, 3.63) is 21.7 Å². The molecule has 0 aliphatic heterocycles. The standard InChI is InChI=1S/C11H16BrNO3/c1-4-8-7(6-13-14)5-9(12)11(16-3)10(8)15-2/h5,13-14H,4,6H2,1-3H3. The lowest BCUT2D eigenvalue weighted by atomic mass is 10.0. The van der Waals surface area contributed by atoms with Gasteiger partial charge in [-0.05, 0) is 34.0 Å². The summed E-state index contributed by atoms with van der Waals surface area (Å²) in [5.74, 6) is 1.39. The highest BCUT2D eigenvalue weighted by Gasteiger charge is 2.16. The lowest BCUT2D eigenvalue weighted by Crippen LogP contribution is -2.10. The van der Waals surface area contributed by atoms with Crippen molar-refractivity contribution in [2.24, 2.45) is 0 Å². The fourth-order valence-electron chi connectivity index (χ4n) is 1.73. The molecule has 0 unspecified atom stereocenters. The summed E-state index contributed by atoms with van der Waals surface area (Å²) in [6.07, 6.45) is 0.809. The first-order valence-corrected chi connectivity index (χ1v) is 5.78. The van der Waals surface area contributed by atoms with Gasteiger partial charge in [-0.2, -0.15) is 0 Å². The lowest BCUT2D eigenvalue weighted by molar-refractivity contribution is 0.161. The van der Waals surface area contributed by atoms with Crippen LogP contribution in [0.3, 0.4) is 0 Å². The molecule has 0 aliphatic carbocycles. The summed E-state index contributed by atoms with van der Waals surface area (Å²) in [7, 11) is 3.21. The van der Waals surface area contributed by atoms with Crippen LogP contribution >= 0.6 is 15.9 Å². The van der Waals surface area contributed by atoms with Crippen LogP contribution in [0.15, 0.2) is 10.5 Å². The Morgan fingerprint density at radius 2 is 1.94 bits per heavy atom. The molecule has 1 rings (SSSR count). The zero-order valence-electron chi connectivity index (χ0n) is 9.63. The monoisotopic (exact) mass is 289 g/mol. The number of nitrogens with one attached hydrogen (secondary N) is 1.